The molecule has 0 bridgehead atoms. The van der Waals surface area contributed by atoms with E-state index in [1.165, 1.54) is 0 Å². The zero-order valence-corrected chi connectivity index (χ0v) is 13.5. The lowest BCUT2D eigenvalue weighted by atomic mass is 10.2. The molecule has 0 aliphatic heterocycles. The van der Waals surface area contributed by atoms with Crippen LogP contribution in [-0.4, -0.2) is 54.0 Å². The summed E-state index contributed by atoms with van der Waals surface area (Å²) in [4.78, 5) is 2.03. The molecule has 0 aromatic heterocycles. The van der Waals surface area contributed by atoms with E-state index in [0.717, 1.165) is 25.7 Å². The Bertz CT molecular complexity index is 434. The van der Waals surface area contributed by atoms with Gasteiger partial charge < -0.3 is 10.9 Å². The van der Waals surface area contributed by atoms with Crippen LogP contribution in [0.3, 0.4) is 0 Å². The fourth-order valence-corrected chi connectivity index (χ4v) is 3.53. The summed E-state index contributed by atoms with van der Waals surface area (Å²) in [6.45, 7) is 5.89. The predicted molar refractivity (Wildman–Crippen MR) is 80.8 cm³/mol. The Kier molecular flexibility index (Phi) is 5.82. The lowest BCUT2D eigenvalue weighted by Gasteiger charge is -2.29. The lowest BCUT2D eigenvalue weighted by molar-refractivity contribution is 0.234. The Morgan fingerprint density at radius 1 is 1.35 bits per heavy atom. The van der Waals surface area contributed by atoms with Gasteiger partial charge in [0.05, 0.1) is 17.0 Å². The third kappa shape index (κ3) is 4.63. The van der Waals surface area contributed by atoms with Gasteiger partial charge in [-0.15, -0.1) is 0 Å². The fraction of sp³-hybridized carbons (Fsp3) is 0.923. The molecule has 0 radical (unpaired) electrons. The Morgan fingerprint density at radius 3 is 2.35 bits per heavy atom. The van der Waals surface area contributed by atoms with Gasteiger partial charge >= 0.3 is 0 Å². The second-order valence-electron chi connectivity index (χ2n) is 6.43. The number of sulfone groups is 1. The maximum atomic E-state index is 12.2. The quantitative estimate of drug-likeness (QED) is 0.332. The van der Waals surface area contributed by atoms with Crippen molar-refractivity contribution in [1.82, 2.24) is 4.90 Å². The molecular formula is C13H27N3O3S. The molecule has 0 amide bonds. The van der Waals surface area contributed by atoms with Crippen LogP contribution in [0, 0.1) is 0 Å². The average molecular weight is 305 g/mol. The Morgan fingerprint density at radius 2 is 1.90 bits per heavy atom. The standard InChI is InChI=1S/C13H27N3O3S/c1-13(2,3)20(18,19)9-8-16(10-12(14)15-17)11-6-4-5-7-11/h11,17H,4-10H2,1-3H3,(H2,14,15). The SMILES string of the molecule is CC(C)(C)S(=O)(=O)CCN(CC(N)=NO)C1CCCC1. The molecule has 6 nitrogen and oxygen atoms in total. The minimum absolute atomic E-state index is 0.103. The van der Waals surface area contributed by atoms with E-state index in [9.17, 15) is 8.42 Å². The Labute approximate surface area is 121 Å². The number of hydrogen-bond donors (Lipinski definition) is 2. The first-order valence-electron chi connectivity index (χ1n) is 7.10. The van der Waals surface area contributed by atoms with E-state index >= 15 is 0 Å². The van der Waals surface area contributed by atoms with E-state index < -0.39 is 14.6 Å². The minimum Gasteiger partial charge on any atom is -0.409 e. The van der Waals surface area contributed by atoms with E-state index in [-0.39, 0.29) is 11.6 Å². The summed E-state index contributed by atoms with van der Waals surface area (Å²) in [5, 5.41) is 11.7. The van der Waals surface area contributed by atoms with Gasteiger partial charge in [0.1, 0.15) is 0 Å². The number of nitrogens with zero attached hydrogens (tertiary/aromatic N) is 2. The van der Waals surface area contributed by atoms with Crippen LogP contribution in [0.15, 0.2) is 5.16 Å². The second kappa shape index (κ2) is 6.76. The Hall–Kier alpha value is -0.820. The molecule has 1 aliphatic carbocycles. The fourth-order valence-electron chi connectivity index (χ4n) is 2.44. The summed E-state index contributed by atoms with van der Waals surface area (Å²) >= 11 is 0. The molecule has 3 N–H and O–H groups in total. The molecule has 1 saturated carbocycles. The minimum atomic E-state index is -3.15. The normalized spacial score (nSPS) is 18.9. The summed E-state index contributed by atoms with van der Waals surface area (Å²) in [5.41, 5.74) is 5.58. The van der Waals surface area contributed by atoms with Crippen molar-refractivity contribution >= 4 is 15.7 Å². The first-order valence-corrected chi connectivity index (χ1v) is 8.75. The van der Waals surface area contributed by atoms with Crippen molar-refractivity contribution in [2.24, 2.45) is 10.9 Å². The topological polar surface area (TPSA) is 96.0 Å². The van der Waals surface area contributed by atoms with E-state index in [1.807, 2.05) is 4.90 Å². The van der Waals surface area contributed by atoms with Crippen LogP contribution < -0.4 is 5.73 Å². The summed E-state index contributed by atoms with van der Waals surface area (Å²) in [5.74, 6) is 0.233. The van der Waals surface area contributed by atoms with Crippen molar-refractivity contribution in [1.29, 1.82) is 0 Å². The highest BCUT2D eigenvalue weighted by atomic mass is 32.2. The maximum absolute atomic E-state index is 12.2. The number of amidine groups is 1. The van der Waals surface area contributed by atoms with Crippen LogP contribution >= 0.6 is 0 Å². The molecule has 118 valence electrons. The third-order valence-electron chi connectivity index (χ3n) is 3.91. The molecule has 20 heavy (non-hydrogen) atoms. The highest BCUT2D eigenvalue weighted by molar-refractivity contribution is 7.92. The van der Waals surface area contributed by atoms with Gasteiger partial charge in [0, 0.05) is 12.6 Å². The van der Waals surface area contributed by atoms with Crippen molar-refractivity contribution in [3.05, 3.63) is 0 Å². The van der Waals surface area contributed by atoms with Gasteiger partial charge in [-0.05, 0) is 33.6 Å². The van der Waals surface area contributed by atoms with Crippen molar-refractivity contribution in [2.45, 2.75) is 57.2 Å². The monoisotopic (exact) mass is 305 g/mol. The molecule has 0 spiro atoms. The van der Waals surface area contributed by atoms with E-state index in [0.29, 0.717) is 19.1 Å². The van der Waals surface area contributed by atoms with Crippen LogP contribution in [0.25, 0.3) is 0 Å². The zero-order chi connectivity index (χ0) is 15.4. The summed E-state index contributed by atoms with van der Waals surface area (Å²) < 4.78 is 23.6. The van der Waals surface area contributed by atoms with Crippen molar-refractivity contribution < 1.29 is 13.6 Å². The molecule has 1 rings (SSSR count). The van der Waals surface area contributed by atoms with Gasteiger partial charge in [0.25, 0.3) is 0 Å². The Balaban J connectivity index is 2.70. The van der Waals surface area contributed by atoms with Crippen LogP contribution in [0.5, 0.6) is 0 Å². The lowest BCUT2D eigenvalue weighted by Crippen LogP contribution is -2.44. The third-order valence-corrected chi connectivity index (χ3v) is 6.50. The van der Waals surface area contributed by atoms with Gasteiger partial charge in [-0.2, -0.15) is 0 Å². The zero-order valence-electron chi connectivity index (χ0n) is 12.7. The van der Waals surface area contributed by atoms with Crippen molar-refractivity contribution in [3.8, 4) is 0 Å². The largest absolute Gasteiger partial charge is 0.409 e. The number of oxime groups is 1. The highest BCUT2D eigenvalue weighted by Gasteiger charge is 2.31. The molecule has 0 atom stereocenters. The number of rotatable bonds is 6. The summed E-state index contributed by atoms with van der Waals surface area (Å²) in [7, 11) is -3.15. The van der Waals surface area contributed by atoms with Crippen LogP contribution in [0.4, 0.5) is 0 Å². The van der Waals surface area contributed by atoms with Crippen LogP contribution in [0.2, 0.25) is 0 Å². The van der Waals surface area contributed by atoms with E-state index in [4.69, 9.17) is 10.9 Å². The molecular weight excluding hydrogens is 278 g/mol. The van der Waals surface area contributed by atoms with Crippen LogP contribution in [-0.2, 0) is 9.84 Å². The average Bonchev–Trinajstić information content (AvgIpc) is 2.86. The van der Waals surface area contributed by atoms with Gasteiger partial charge in [0.15, 0.2) is 15.7 Å². The first kappa shape index (κ1) is 17.2. The maximum Gasteiger partial charge on any atom is 0.156 e. The van der Waals surface area contributed by atoms with Gasteiger partial charge in [0.2, 0.25) is 0 Å². The summed E-state index contributed by atoms with van der Waals surface area (Å²) in [6, 6.07) is 0.338. The predicted octanol–water partition coefficient (Wildman–Crippen LogP) is 1.19. The first-order chi connectivity index (χ1) is 9.17. The smallest absolute Gasteiger partial charge is 0.156 e. The molecule has 0 saturated heterocycles. The number of hydrogen-bond acceptors (Lipinski definition) is 5. The summed E-state index contributed by atoms with van der Waals surface area (Å²) in [6.07, 6.45) is 4.41. The molecule has 1 aliphatic rings. The van der Waals surface area contributed by atoms with Crippen LogP contribution in [0.1, 0.15) is 46.5 Å². The molecule has 0 aromatic rings. The van der Waals surface area contributed by atoms with Gasteiger partial charge in [-0.3, -0.25) is 4.90 Å². The van der Waals surface area contributed by atoms with E-state index in [2.05, 4.69) is 5.16 Å². The molecule has 1 fully saturated rings. The molecule has 0 aromatic carbocycles. The van der Waals surface area contributed by atoms with E-state index in [1.54, 1.807) is 20.8 Å². The van der Waals surface area contributed by atoms with Crippen molar-refractivity contribution in [3.63, 3.8) is 0 Å². The molecule has 0 unspecified atom stereocenters. The second-order valence-corrected chi connectivity index (χ2v) is 9.29. The molecule has 7 heteroatoms. The van der Waals surface area contributed by atoms with Crippen molar-refractivity contribution in [2.75, 3.05) is 18.8 Å². The van der Waals surface area contributed by atoms with Gasteiger partial charge in [-0.1, -0.05) is 18.0 Å². The van der Waals surface area contributed by atoms with Gasteiger partial charge in [-0.25, -0.2) is 8.42 Å². The highest BCUT2D eigenvalue weighted by Crippen LogP contribution is 2.24. The number of nitrogens with two attached hydrogens (primary N) is 1. The molecule has 0 heterocycles.